The highest BCUT2D eigenvalue weighted by atomic mass is 35.5. The first kappa shape index (κ1) is 19.2. The van der Waals surface area contributed by atoms with Crippen LogP contribution >= 0.6 is 24.0 Å². The quantitative estimate of drug-likeness (QED) is 0.851. The summed E-state index contributed by atoms with van der Waals surface area (Å²) in [5.74, 6) is 0.164. The smallest absolute Gasteiger partial charge is 0.240 e. The molecule has 2 aliphatic rings. The van der Waals surface area contributed by atoms with Crippen molar-refractivity contribution in [3.8, 4) is 0 Å². The molecule has 0 radical (unpaired) electrons. The molecule has 4 rings (SSSR count). The molecule has 2 heterocycles. The molecule has 1 saturated heterocycles. The molecular formula is C20H22Cl2N2O2. The van der Waals surface area contributed by atoms with Crippen LogP contribution < -0.4 is 5.32 Å². The number of carbonyl (C=O) groups is 1. The number of hydrogen-bond donors (Lipinski definition) is 1. The highest BCUT2D eigenvalue weighted by Crippen LogP contribution is 2.25. The van der Waals surface area contributed by atoms with Crippen molar-refractivity contribution in [3.05, 3.63) is 70.2 Å². The molecule has 138 valence electrons. The summed E-state index contributed by atoms with van der Waals surface area (Å²) >= 11 is 5.96. The number of fused-ring (bicyclic) bond motifs is 1. The molecule has 2 atom stereocenters. The molecule has 0 aliphatic carbocycles. The molecule has 1 fully saturated rings. The molecule has 0 bridgehead atoms. The third-order valence-corrected chi connectivity index (χ3v) is 5.25. The van der Waals surface area contributed by atoms with Gasteiger partial charge in [0.2, 0.25) is 5.91 Å². The van der Waals surface area contributed by atoms with Crippen LogP contribution in [0.1, 0.15) is 22.8 Å². The number of nitrogens with one attached hydrogen (secondary N) is 1. The molecule has 6 heteroatoms. The van der Waals surface area contributed by atoms with Crippen molar-refractivity contribution in [2.75, 3.05) is 19.7 Å². The fourth-order valence-corrected chi connectivity index (χ4v) is 3.70. The topological polar surface area (TPSA) is 41.6 Å². The Morgan fingerprint density at radius 1 is 1.12 bits per heavy atom. The molecular weight excluding hydrogens is 371 g/mol. The van der Waals surface area contributed by atoms with Crippen molar-refractivity contribution in [3.63, 3.8) is 0 Å². The highest BCUT2D eigenvalue weighted by Gasteiger charge is 2.31. The molecule has 2 unspecified atom stereocenters. The van der Waals surface area contributed by atoms with Gasteiger partial charge in [-0.3, -0.25) is 4.79 Å². The van der Waals surface area contributed by atoms with Gasteiger partial charge in [0.15, 0.2) is 0 Å². The first-order chi connectivity index (χ1) is 12.2. The van der Waals surface area contributed by atoms with Gasteiger partial charge >= 0.3 is 0 Å². The van der Waals surface area contributed by atoms with E-state index in [1.165, 1.54) is 11.1 Å². The molecule has 2 aromatic carbocycles. The summed E-state index contributed by atoms with van der Waals surface area (Å²) in [6, 6.07) is 15.8. The average molecular weight is 393 g/mol. The number of amides is 1. The van der Waals surface area contributed by atoms with Crippen molar-refractivity contribution < 1.29 is 9.53 Å². The SMILES string of the molecule is Cl.O=C(C1Cc2ccccc2CN1)N1CCOC(c2ccc(Cl)cc2)C1. The normalized spacial score (nSPS) is 22.3. The zero-order valence-corrected chi connectivity index (χ0v) is 15.9. The molecule has 1 amide bonds. The summed E-state index contributed by atoms with van der Waals surface area (Å²) in [5.41, 5.74) is 3.61. The zero-order chi connectivity index (χ0) is 17.2. The minimum Gasteiger partial charge on any atom is -0.370 e. The van der Waals surface area contributed by atoms with Gasteiger partial charge in [0.25, 0.3) is 0 Å². The summed E-state index contributed by atoms with van der Waals surface area (Å²) in [6.45, 7) is 2.53. The molecule has 2 aromatic rings. The predicted octanol–water partition coefficient (Wildman–Crippen LogP) is 3.38. The van der Waals surface area contributed by atoms with Crippen molar-refractivity contribution in [1.29, 1.82) is 0 Å². The highest BCUT2D eigenvalue weighted by molar-refractivity contribution is 6.30. The molecule has 1 N–H and O–H groups in total. The first-order valence-corrected chi connectivity index (χ1v) is 9.04. The van der Waals surface area contributed by atoms with Crippen molar-refractivity contribution >= 4 is 29.9 Å². The van der Waals surface area contributed by atoms with Crippen LogP contribution in [0.25, 0.3) is 0 Å². The van der Waals surface area contributed by atoms with E-state index in [4.69, 9.17) is 16.3 Å². The van der Waals surface area contributed by atoms with E-state index in [2.05, 4.69) is 17.4 Å². The number of carbonyl (C=O) groups excluding carboxylic acids is 1. The average Bonchev–Trinajstić information content (AvgIpc) is 2.68. The van der Waals surface area contributed by atoms with Crippen LogP contribution in [0.15, 0.2) is 48.5 Å². The van der Waals surface area contributed by atoms with E-state index in [9.17, 15) is 4.79 Å². The van der Waals surface area contributed by atoms with Gasteiger partial charge < -0.3 is 15.0 Å². The minimum absolute atomic E-state index is 0. The van der Waals surface area contributed by atoms with E-state index in [0.717, 1.165) is 18.5 Å². The number of nitrogens with zero attached hydrogens (tertiary/aromatic N) is 1. The summed E-state index contributed by atoms with van der Waals surface area (Å²) in [7, 11) is 0. The van der Waals surface area contributed by atoms with E-state index in [0.29, 0.717) is 24.7 Å². The van der Waals surface area contributed by atoms with Gasteiger partial charge in [-0.05, 0) is 35.2 Å². The van der Waals surface area contributed by atoms with Crippen molar-refractivity contribution in [2.24, 2.45) is 0 Å². The van der Waals surface area contributed by atoms with E-state index < -0.39 is 0 Å². The number of rotatable bonds is 2. The second kappa shape index (κ2) is 8.40. The summed E-state index contributed by atoms with van der Waals surface area (Å²) < 4.78 is 5.87. The monoisotopic (exact) mass is 392 g/mol. The maximum atomic E-state index is 13.0. The Kier molecular flexibility index (Phi) is 6.20. The third kappa shape index (κ3) is 4.04. The van der Waals surface area contributed by atoms with Crippen LogP contribution in [0.4, 0.5) is 0 Å². The fraction of sp³-hybridized carbons (Fsp3) is 0.350. The predicted molar refractivity (Wildman–Crippen MR) is 105 cm³/mol. The van der Waals surface area contributed by atoms with Gasteiger partial charge in [-0.2, -0.15) is 0 Å². The molecule has 0 spiro atoms. The third-order valence-electron chi connectivity index (χ3n) is 5.00. The second-order valence-electron chi connectivity index (χ2n) is 6.60. The number of ether oxygens (including phenoxy) is 1. The molecule has 4 nitrogen and oxygen atoms in total. The largest absolute Gasteiger partial charge is 0.370 e. The Bertz CT molecular complexity index is 767. The zero-order valence-electron chi connectivity index (χ0n) is 14.4. The Hall–Kier alpha value is -1.59. The Balaban J connectivity index is 0.00000196. The lowest BCUT2D eigenvalue weighted by Gasteiger charge is -2.36. The Morgan fingerprint density at radius 3 is 2.62 bits per heavy atom. The van der Waals surface area contributed by atoms with Crippen molar-refractivity contribution in [2.45, 2.75) is 25.1 Å². The van der Waals surface area contributed by atoms with E-state index in [1.807, 2.05) is 41.3 Å². The van der Waals surface area contributed by atoms with Crippen LogP contribution in [0.3, 0.4) is 0 Å². The molecule has 0 saturated carbocycles. The van der Waals surface area contributed by atoms with Crippen LogP contribution in [-0.2, 0) is 22.5 Å². The lowest BCUT2D eigenvalue weighted by Crippen LogP contribution is -2.52. The van der Waals surface area contributed by atoms with Crippen molar-refractivity contribution in [1.82, 2.24) is 10.2 Å². The lowest BCUT2D eigenvalue weighted by atomic mass is 9.95. The summed E-state index contributed by atoms with van der Waals surface area (Å²) in [6.07, 6.45) is 0.656. The fourth-order valence-electron chi connectivity index (χ4n) is 3.58. The second-order valence-corrected chi connectivity index (χ2v) is 7.04. The van der Waals surface area contributed by atoms with E-state index >= 15 is 0 Å². The maximum Gasteiger partial charge on any atom is 0.240 e. The summed E-state index contributed by atoms with van der Waals surface area (Å²) in [4.78, 5) is 14.9. The van der Waals surface area contributed by atoms with Gasteiger partial charge in [-0.15, -0.1) is 12.4 Å². The van der Waals surface area contributed by atoms with Gasteiger partial charge in [0, 0.05) is 18.1 Å². The first-order valence-electron chi connectivity index (χ1n) is 8.67. The minimum atomic E-state index is -0.154. The van der Waals surface area contributed by atoms with Gasteiger partial charge in [0.05, 0.1) is 19.2 Å². The van der Waals surface area contributed by atoms with Crippen LogP contribution in [0, 0.1) is 0 Å². The van der Waals surface area contributed by atoms with Gasteiger partial charge in [0.1, 0.15) is 6.10 Å². The van der Waals surface area contributed by atoms with Crippen LogP contribution in [0.2, 0.25) is 5.02 Å². The standard InChI is InChI=1S/C20H21ClN2O2.ClH/c21-17-7-5-14(6-8-17)19-13-23(9-10-25-19)20(24)18-11-15-3-1-2-4-16(15)12-22-18;/h1-8,18-19,22H,9-13H2;1H. The maximum absolute atomic E-state index is 13.0. The molecule has 26 heavy (non-hydrogen) atoms. The lowest BCUT2D eigenvalue weighted by molar-refractivity contribution is -0.141. The van der Waals surface area contributed by atoms with E-state index in [1.54, 1.807) is 0 Å². The van der Waals surface area contributed by atoms with E-state index in [-0.39, 0.29) is 30.5 Å². The van der Waals surface area contributed by atoms with Gasteiger partial charge in [-0.25, -0.2) is 0 Å². The van der Waals surface area contributed by atoms with Crippen LogP contribution in [0.5, 0.6) is 0 Å². The summed E-state index contributed by atoms with van der Waals surface area (Å²) in [5, 5.41) is 4.09. The Morgan fingerprint density at radius 2 is 1.85 bits per heavy atom. The number of halogens is 2. The number of morpholine rings is 1. The number of benzene rings is 2. The molecule has 2 aliphatic heterocycles. The molecule has 0 aromatic heterocycles. The Labute approximate surface area is 164 Å². The number of hydrogen-bond acceptors (Lipinski definition) is 3. The van der Waals surface area contributed by atoms with Gasteiger partial charge in [-0.1, -0.05) is 48.0 Å². The van der Waals surface area contributed by atoms with Crippen LogP contribution in [-0.4, -0.2) is 36.5 Å².